The third kappa shape index (κ3) is 5.15. The maximum Gasteiger partial charge on any atom is 0.288 e. The Morgan fingerprint density at radius 1 is 1.19 bits per heavy atom. The van der Waals surface area contributed by atoms with E-state index in [1.165, 1.54) is 4.90 Å². The smallest absolute Gasteiger partial charge is 0.288 e. The van der Waals surface area contributed by atoms with E-state index in [-0.39, 0.29) is 5.91 Å². The fourth-order valence-electron chi connectivity index (χ4n) is 3.01. The lowest BCUT2D eigenvalue weighted by molar-refractivity contribution is -0.892. The number of carbonyl (C=O) groups is 1. The normalized spacial score (nSPS) is 15.3. The van der Waals surface area contributed by atoms with E-state index in [0.29, 0.717) is 28.9 Å². The second-order valence-electron chi connectivity index (χ2n) is 6.08. The molecule has 138 valence electrons. The van der Waals surface area contributed by atoms with Crippen molar-refractivity contribution in [2.45, 2.75) is 10.7 Å². The topological polar surface area (TPSA) is 50.9 Å². The van der Waals surface area contributed by atoms with Crippen LogP contribution in [0.4, 0.5) is 20.3 Å². The minimum Gasteiger partial charge on any atom is -0.321 e. The van der Waals surface area contributed by atoms with E-state index in [0.717, 1.165) is 32.0 Å². The molecule has 5 nitrogen and oxygen atoms in total. The summed E-state index contributed by atoms with van der Waals surface area (Å²) in [5.41, 5.74) is 0.444. The molecule has 0 bridgehead atoms. The Balaban J connectivity index is 1.51. The molecular formula is C18H22F2N4OS+2. The molecule has 0 radical (unpaired) electrons. The third-order valence-electron chi connectivity index (χ3n) is 4.29. The number of piperazine rings is 1. The zero-order chi connectivity index (χ0) is 18.4. The first kappa shape index (κ1) is 18.6. The lowest BCUT2D eigenvalue weighted by Crippen LogP contribution is -3.15. The zero-order valence-electron chi connectivity index (χ0n) is 14.3. The van der Waals surface area contributed by atoms with Gasteiger partial charge in [0.1, 0.15) is 26.2 Å². The van der Waals surface area contributed by atoms with Gasteiger partial charge in [0, 0.05) is 11.0 Å². The minimum absolute atomic E-state index is 0.151. The number of anilines is 2. The number of benzene rings is 1. The van der Waals surface area contributed by atoms with Gasteiger partial charge in [-0.15, -0.1) is 0 Å². The molecule has 1 aromatic heterocycles. The van der Waals surface area contributed by atoms with Gasteiger partial charge in [-0.1, -0.05) is 30.0 Å². The number of hydrogen-bond acceptors (Lipinski definition) is 3. The Morgan fingerprint density at radius 2 is 1.92 bits per heavy atom. The number of nitrogens with zero attached hydrogens (tertiary/aromatic N) is 1. The van der Waals surface area contributed by atoms with Crippen LogP contribution in [0.2, 0.25) is 0 Å². The van der Waals surface area contributed by atoms with Gasteiger partial charge in [0.05, 0.1) is 11.9 Å². The van der Waals surface area contributed by atoms with Crippen molar-refractivity contribution in [2.75, 3.05) is 42.9 Å². The average Bonchev–Trinajstić information content (AvgIpc) is 2.64. The summed E-state index contributed by atoms with van der Waals surface area (Å²) in [4.78, 5) is 19.4. The van der Waals surface area contributed by atoms with Crippen molar-refractivity contribution in [3.63, 3.8) is 0 Å². The van der Waals surface area contributed by atoms with Crippen molar-refractivity contribution in [3.8, 4) is 0 Å². The van der Waals surface area contributed by atoms with Crippen LogP contribution < -0.4 is 20.1 Å². The van der Waals surface area contributed by atoms with Crippen LogP contribution in [-0.4, -0.2) is 44.4 Å². The van der Waals surface area contributed by atoms with Crippen molar-refractivity contribution in [1.29, 1.82) is 0 Å². The molecule has 1 aliphatic rings. The Hall–Kier alpha value is -2.19. The van der Waals surface area contributed by atoms with Gasteiger partial charge in [0.2, 0.25) is 0 Å². The van der Waals surface area contributed by atoms with Crippen LogP contribution in [-0.2, 0) is 4.79 Å². The van der Waals surface area contributed by atoms with Gasteiger partial charge in [-0.3, -0.25) is 9.69 Å². The number of carbonyl (C=O) groups excluding carboxylic acids is 1. The molecule has 0 saturated carbocycles. The van der Waals surface area contributed by atoms with Gasteiger partial charge < -0.3 is 10.2 Å². The number of nitrogens with one attached hydrogen (secondary N) is 3. The van der Waals surface area contributed by atoms with E-state index >= 15 is 0 Å². The molecule has 0 atom stereocenters. The molecule has 1 amide bonds. The number of H-pyrrole nitrogens is 1. The molecule has 2 aromatic rings. The molecule has 1 aliphatic heterocycles. The number of amides is 1. The summed E-state index contributed by atoms with van der Waals surface area (Å²) in [6, 6.07) is 12.6. The first-order valence-corrected chi connectivity index (χ1v) is 9.39. The molecule has 26 heavy (non-hydrogen) atoms. The predicted octanol–water partition coefficient (Wildman–Crippen LogP) is 1.16. The van der Waals surface area contributed by atoms with Crippen molar-refractivity contribution < 1.29 is 23.5 Å². The Kier molecular flexibility index (Phi) is 6.40. The molecule has 8 heteroatoms. The number of thioether (sulfide) groups is 1. The Morgan fingerprint density at radius 3 is 2.62 bits per heavy atom. The molecule has 2 heterocycles. The lowest BCUT2D eigenvalue weighted by Gasteiger charge is -2.27. The molecule has 0 aliphatic carbocycles. The van der Waals surface area contributed by atoms with Crippen LogP contribution in [0.5, 0.6) is 0 Å². The van der Waals surface area contributed by atoms with Gasteiger partial charge in [0.15, 0.2) is 6.54 Å². The van der Waals surface area contributed by atoms with Gasteiger partial charge >= 0.3 is 0 Å². The summed E-state index contributed by atoms with van der Waals surface area (Å²) in [6.45, 7) is 3.76. The molecule has 0 unspecified atom stereocenters. The highest BCUT2D eigenvalue weighted by molar-refractivity contribution is 7.99. The highest BCUT2D eigenvalue weighted by Crippen LogP contribution is 2.31. The molecular weight excluding hydrogens is 358 g/mol. The molecule has 1 aromatic carbocycles. The summed E-state index contributed by atoms with van der Waals surface area (Å²) in [7, 11) is 0. The Labute approximate surface area is 155 Å². The Bertz CT molecular complexity index is 724. The number of para-hydroxylation sites is 1. The predicted molar refractivity (Wildman–Crippen MR) is 97.7 cm³/mol. The van der Waals surface area contributed by atoms with Crippen molar-refractivity contribution in [2.24, 2.45) is 0 Å². The highest BCUT2D eigenvalue weighted by atomic mass is 32.2. The van der Waals surface area contributed by atoms with Crippen molar-refractivity contribution >= 4 is 29.2 Å². The van der Waals surface area contributed by atoms with E-state index < -0.39 is 5.76 Å². The molecule has 0 spiro atoms. The van der Waals surface area contributed by atoms with Crippen molar-refractivity contribution in [1.82, 2.24) is 0 Å². The number of alkyl halides is 2. The van der Waals surface area contributed by atoms with Crippen LogP contribution in [0.1, 0.15) is 0 Å². The summed E-state index contributed by atoms with van der Waals surface area (Å²) in [5.74, 6) is -1.59. The first-order valence-electron chi connectivity index (χ1n) is 8.51. The SMILES string of the molecule is O=C(C[NH+]1CCN(c2cccc[nH+]2)CC1)Nc1ccccc1SC(F)F. The summed E-state index contributed by atoms with van der Waals surface area (Å²) < 4.78 is 25.3. The van der Waals surface area contributed by atoms with Gasteiger partial charge in [-0.2, -0.15) is 8.78 Å². The average molecular weight is 380 g/mol. The number of aromatic amines is 1. The fourth-order valence-corrected chi connectivity index (χ4v) is 3.61. The van der Waals surface area contributed by atoms with Gasteiger partial charge in [-0.05, 0) is 18.2 Å². The monoisotopic (exact) mass is 380 g/mol. The summed E-state index contributed by atoms with van der Waals surface area (Å²) in [6.07, 6.45) is 1.90. The number of aromatic nitrogens is 1. The van der Waals surface area contributed by atoms with Crippen LogP contribution >= 0.6 is 11.8 Å². The summed E-state index contributed by atoms with van der Waals surface area (Å²) in [5, 5.41) is 2.77. The number of rotatable bonds is 6. The largest absolute Gasteiger partial charge is 0.321 e. The van der Waals surface area contributed by atoms with E-state index in [1.807, 2.05) is 24.4 Å². The summed E-state index contributed by atoms with van der Waals surface area (Å²) >= 11 is 0.446. The minimum atomic E-state index is -2.51. The lowest BCUT2D eigenvalue weighted by atomic mass is 10.3. The van der Waals surface area contributed by atoms with Gasteiger partial charge in [-0.25, -0.2) is 4.98 Å². The second kappa shape index (κ2) is 8.95. The van der Waals surface area contributed by atoms with Crippen LogP contribution in [0.3, 0.4) is 0 Å². The number of quaternary nitrogens is 1. The van der Waals surface area contributed by atoms with E-state index in [4.69, 9.17) is 0 Å². The number of hydrogen-bond donors (Lipinski definition) is 2. The van der Waals surface area contributed by atoms with E-state index in [1.54, 1.807) is 24.3 Å². The van der Waals surface area contributed by atoms with E-state index in [2.05, 4.69) is 15.2 Å². The zero-order valence-corrected chi connectivity index (χ0v) is 15.1. The van der Waals surface area contributed by atoms with Gasteiger partial charge in [0.25, 0.3) is 17.5 Å². The van der Waals surface area contributed by atoms with E-state index in [9.17, 15) is 13.6 Å². The number of halogens is 2. The van der Waals surface area contributed by atoms with Crippen LogP contribution in [0, 0.1) is 0 Å². The molecule has 3 rings (SSSR count). The molecule has 3 N–H and O–H groups in total. The van der Waals surface area contributed by atoms with Crippen molar-refractivity contribution in [3.05, 3.63) is 48.7 Å². The first-order chi connectivity index (χ1) is 12.6. The van der Waals surface area contributed by atoms with Crippen LogP contribution in [0.15, 0.2) is 53.6 Å². The maximum atomic E-state index is 12.6. The molecule has 1 saturated heterocycles. The van der Waals surface area contributed by atoms with Crippen LogP contribution in [0.25, 0.3) is 0 Å². The highest BCUT2D eigenvalue weighted by Gasteiger charge is 2.27. The fraction of sp³-hybridized carbons (Fsp3) is 0.333. The standard InChI is InChI=1S/C18H20F2N4OS/c19-18(20)26-15-6-2-1-5-14(15)22-17(25)13-23-9-11-24(12-10-23)16-7-3-4-8-21-16/h1-8,18H,9-13H2,(H,22,25)/p+2. The molecule has 1 fully saturated rings. The quantitative estimate of drug-likeness (QED) is 0.740. The number of pyridine rings is 1. The maximum absolute atomic E-state index is 12.6. The second-order valence-corrected chi connectivity index (χ2v) is 7.12. The third-order valence-corrected chi connectivity index (χ3v) is 5.08.